The smallest absolute Gasteiger partial charge is 0.177 e. The van der Waals surface area contributed by atoms with Crippen LogP contribution in [0.15, 0.2) is 210 Å². The van der Waals surface area contributed by atoms with Gasteiger partial charge in [-0.1, -0.05) is 133 Å². The molecule has 7 aromatic carbocycles. The quantitative estimate of drug-likeness (QED) is 0.112. The van der Waals surface area contributed by atoms with Crippen molar-refractivity contribution in [3.05, 3.63) is 206 Å². The summed E-state index contributed by atoms with van der Waals surface area (Å²) < 4.78 is 2.31. The first-order chi connectivity index (χ1) is 31.6. The minimum atomic E-state index is 0.475. The van der Waals surface area contributed by atoms with Gasteiger partial charge in [-0.25, -0.2) is 34.9 Å². The molecule has 8 nitrogen and oxygen atoms in total. The first-order valence-corrected chi connectivity index (χ1v) is 21.1. The zero-order valence-electron chi connectivity index (χ0n) is 34.8. The van der Waals surface area contributed by atoms with Crippen LogP contribution in [0.2, 0.25) is 0 Å². The molecule has 302 valence electrons. The Morgan fingerprint density at radius 1 is 0.469 bits per heavy atom. The van der Waals surface area contributed by atoms with E-state index in [1.807, 2.05) is 55.5 Å². The molecule has 8 heteroatoms. The number of pyridine rings is 2. The van der Waals surface area contributed by atoms with Gasteiger partial charge in [-0.2, -0.15) is 0 Å². The summed E-state index contributed by atoms with van der Waals surface area (Å²) >= 11 is 0. The molecule has 0 atom stereocenters. The average Bonchev–Trinajstić information content (AvgIpc) is 3.70. The van der Waals surface area contributed by atoms with Crippen molar-refractivity contribution in [2.45, 2.75) is 6.92 Å². The molecular formula is C56H38N8. The molecule has 0 fully saturated rings. The monoisotopic (exact) mass is 822 g/mol. The minimum absolute atomic E-state index is 0.475. The van der Waals surface area contributed by atoms with Gasteiger partial charge in [0.05, 0.1) is 27.8 Å². The first kappa shape index (κ1) is 38.2. The Morgan fingerprint density at radius 2 is 0.969 bits per heavy atom. The number of nitrogens with zero attached hydrogens (tertiary/aromatic N) is 8. The Balaban J connectivity index is 0.911. The molecular weight excluding hydrogens is 785 g/mol. The SMILES string of the molecule is C=N/C(=N\C=C/C)c1ccc2ccc(-c3ccc4ccc(-c5ccc(-c6nc(-c7ccccc7)nc(-c7ccc(-n8c9ccccc9c9ccccc98)cc7)n6)cc5)cc4n3)cc2n1. The number of hydrogen-bond donors (Lipinski definition) is 0. The van der Waals surface area contributed by atoms with Crippen LogP contribution >= 0.6 is 0 Å². The maximum absolute atomic E-state index is 5.12. The predicted octanol–water partition coefficient (Wildman–Crippen LogP) is 13.4. The number of benzene rings is 7. The van der Waals surface area contributed by atoms with E-state index in [1.54, 1.807) is 6.20 Å². The largest absolute Gasteiger partial charge is 0.309 e. The van der Waals surface area contributed by atoms with E-state index in [0.29, 0.717) is 29.0 Å². The van der Waals surface area contributed by atoms with Crippen molar-refractivity contribution in [1.82, 2.24) is 29.5 Å². The van der Waals surface area contributed by atoms with Crippen LogP contribution in [-0.2, 0) is 0 Å². The van der Waals surface area contributed by atoms with Crippen molar-refractivity contribution in [3.63, 3.8) is 0 Å². The van der Waals surface area contributed by atoms with Gasteiger partial charge in [0.1, 0.15) is 5.69 Å². The zero-order valence-corrected chi connectivity index (χ0v) is 34.8. The van der Waals surface area contributed by atoms with Crippen LogP contribution in [0.5, 0.6) is 0 Å². The molecule has 64 heavy (non-hydrogen) atoms. The maximum atomic E-state index is 5.12. The number of hydrogen-bond acceptors (Lipinski definition) is 6. The lowest BCUT2D eigenvalue weighted by molar-refractivity contribution is 1.07. The molecule has 0 spiro atoms. The van der Waals surface area contributed by atoms with Gasteiger partial charge >= 0.3 is 0 Å². The highest BCUT2D eigenvalue weighted by Crippen LogP contribution is 2.34. The lowest BCUT2D eigenvalue weighted by Gasteiger charge is -2.11. The summed E-state index contributed by atoms with van der Waals surface area (Å²) in [5.74, 6) is 2.30. The minimum Gasteiger partial charge on any atom is -0.309 e. The second-order valence-corrected chi connectivity index (χ2v) is 15.5. The van der Waals surface area contributed by atoms with Crippen LogP contribution < -0.4 is 0 Å². The van der Waals surface area contributed by atoms with Crippen molar-refractivity contribution in [1.29, 1.82) is 0 Å². The zero-order chi connectivity index (χ0) is 43.0. The maximum Gasteiger partial charge on any atom is 0.177 e. The lowest BCUT2D eigenvalue weighted by atomic mass is 10.0. The van der Waals surface area contributed by atoms with E-state index >= 15 is 0 Å². The topological polar surface area (TPSA) is 94.1 Å². The van der Waals surface area contributed by atoms with Gasteiger partial charge in [0.15, 0.2) is 23.3 Å². The third-order valence-electron chi connectivity index (χ3n) is 11.5. The van der Waals surface area contributed by atoms with Crippen molar-refractivity contribution in [2.75, 3.05) is 0 Å². The summed E-state index contributed by atoms with van der Waals surface area (Å²) in [4.78, 5) is 33.5. The standard InChI is InChI=1S/C56H38N8/c1-3-33-58-56(57-2)48-32-28-38-20-24-43(35-50(38)60-48)47-31-27-37-19-23-42(34-49(37)59-47)36-17-21-40(22-18-36)54-61-53(39-11-5-4-6-12-39)62-55(63-54)41-25-29-44(30-26-41)64-51-15-9-7-13-45(51)46-14-8-10-16-52(46)64/h3-35H,2H2,1H3/b33-3-,58-56-. The number of para-hydroxylation sites is 2. The van der Waals surface area contributed by atoms with Crippen LogP contribution in [0.25, 0.3) is 106 Å². The number of aliphatic imine (C=N–C) groups is 2. The second kappa shape index (κ2) is 16.3. The van der Waals surface area contributed by atoms with Gasteiger partial charge in [-0.05, 0) is 85.4 Å². The highest BCUT2D eigenvalue weighted by Gasteiger charge is 2.16. The normalized spacial score (nSPS) is 11.9. The van der Waals surface area contributed by atoms with Crippen LogP contribution in [-0.4, -0.2) is 42.0 Å². The fourth-order valence-electron chi connectivity index (χ4n) is 8.31. The van der Waals surface area contributed by atoms with E-state index in [9.17, 15) is 0 Å². The van der Waals surface area contributed by atoms with Crippen molar-refractivity contribution in [2.24, 2.45) is 9.98 Å². The lowest BCUT2D eigenvalue weighted by Crippen LogP contribution is -2.00. The fourth-order valence-corrected chi connectivity index (χ4v) is 8.31. The number of allylic oxidation sites excluding steroid dienone is 1. The van der Waals surface area contributed by atoms with Crippen LogP contribution in [0.4, 0.5) is 0 Å². The van der Waals surface area contributed by atoms with Gasteiger partial charge in [0.2, 0.25) is 0 Å². The van der Waals surface area contributed by atoms with Crippen molar-refractivity contribution < 1.29 is 0 Å². The Morgan fingerprint density at radius 3 is 1.61 bits per heavy atom. The Kier molecular flexibility index (Phi) is 9.71. The third kappa shape index (κ3) is 7.08. The Labute approximate surface area is 369 Å². The number of fused-ring (bicyclic) bond motifs is 5. The molecule has 0 saturated heterocycles. The van der Waals surface area contributed by atoms with Gasteiger partial charge in [0, 0.05) is 55.7 Å². The molecule has 0 bridgehead atoms. The molecule has 0 amide bonds. The Hall–Kier alpha value is -8.75. The molecule has 11 aromatic rings. The number of amidine groups is 1. The van der Waals surface area contributed by atoms with Gasteiger partial charge in [0.25, 0.3) is 0 Å². The molecule has 4 aromatic heterocycles. The van der Waals surface area contributed by atoms with E-state index in [2.05, 4.69) is 167 Å². The van der Waals surface area contributed by atoms with Gasteiger partial charge < -0.3 is 4.57 Å². The second-order valence-electron chi connectivity index (χ2n) is 15.5. The fraction of sp³-hybridized carbons (Fsp3) is 0.0179. The number of rotatable bonds is 8. The van der Waals surface area contributed by atoms with Crippen LogP contribution in [0.1, 0.15) is 12.6 Å². The van der Waals surface area contributed by atoms with E-state index in [4.69, 9.17) is 24.9 Å². The Bertz CT molecular complexity index is 3570. The molecule has 0 radical (unpaired) electrons. The first-order valence-electron chi connectivity index (χ1n) is 21.1. The summed E-state index contributed by atoms with van der Waals surface area (Å²) in [6.07, 6.45) is 3.54. The molecule has 0 aliphatic rings. The summed E-state index contributed by atoms with van der Waals surface area (Å²) in [5.41, 5.74) is 12.5. The van der Waals surface area contributed by atoms with Crippen molar-refractivity contribution >= 4 is 56.2 Å². The highest BCUT2D eigenvalue weighted by atomic mass is 15.0. The molecule has 0 saturated carbocycles. The highest BCUT2D eigenvalue weighted by molar-refractivity contribution is 6.09. The van der Waals surface area contributed by atoms with Gasteiger partial charge in [-0.15, -0.1) is 0 Å². The molecule has 0 N–H and O–H groups in total. The molecule has 11 rings (SSSR count). The van der Waals surface area contributed by atoms with E-state index < -0.39 is 0 Å². The predicted molar refractivity (Wildman–Crippen MR) is 263 cm³/mol. The van der Waals surface area contributed by atoms with E-state index in [1.165, 1.54) is 21.8 Å². The molecule has 0 aliphatic carbocycles. The van der Waals surface area contributed by atoms with Crippen molar-refractivity contribution in [3.8, 4) is 62.2 Å². The van der Waals surface area contributed by atoms with E-state index in [-0.39, 0.29) is 0 Å². The van der Waals surface area contributed by atoms with Crippen LogP contribution in [0.3, 0.4) is 0 Å². The molecule has 0 aliphatic heterocycles. The van der Waals surface area contributed by atoms with Crippen LogP contribution in [0, 0.1) is 0 Å². The molecule has 0 unspecified atom stereocenters. The van der Waals surface area contributed by atoms with E-state index in [0.717, 1.165) is 66.6 Å². The summed E-state index contributed by atoms with van der Waals surface area (Å²) in [5, 5.41) is 4.53. The molecule has 4 heterocycles. The summed E-state index contributed by atoms with van der Waals surface area (Å²) in [7, 11) is 0. The van der Waals surface area contributed by atoms with Gasteiger partial charge in [-0.3, -0.25) is 0 Å². The average molecular weight is 823 g/mol. The number of aromatic nitrogens is 6. The third-order valence-corrected chi connectivity index (χ3v) is 11.5. The summed E-state index contributed by atoms with van der Waals surface area (Å²) in [6.45, 7) is 5.59. The summed E-state index contributed by atoms with van der Waals surface area (Å²) in [6, 6.07) is 64.7.